The van der Waals surface area contributed by atoms with Crippen LogP contribution in [0.2, 0.25) is 0 Å². The number of nitrogens with zero attached hydrogens (tertiary/aromatic N) is 11. The minimum absolute atomic E-state index is 0.521. The van der Waals surface area contributed by atoms with Crippen LogP contribution in [0.4, 0.5) is 5.69 Å². The van der Waals surface area contributed by atoms with Gasteiger partial charge in [-0.05, 0) is 18.7 Å². The fraction of sp³-hybridized carbons (Fsp3) is 0.292. The van der Waals surface area contributed by atoms with Gasteiger partial charge >= 0.3 is 0 Å². The first-order valence-electron chi connectivity index (χ1n) is 11.5. The van der Waals surface area contributed by atoms with Crippen molar-refractivity contribution in [1.29, 1.82) is 0 Å². The minimum atomic E-state index is 0.521. The Bertz CT molecular complexity index is 1460. The first-order chi connectivity index (χ1) is 17.1. The molecule has 0 saturated carbocycles. The van der Waals surface area contributed by atoms with Crippen LogP contribution in [0.3, 0.4) is 0 Å². The van der Waals surface area contributed by atoms with Crippen LogP contribution in [0.15, 0.2) is 55.2 Å². The number of likely N-dealkylation sites (N-methyl/N-ethyl adjacent to an activating group) is 1. The lowest BCUT2D eigenvalue weighted by molar-refractivity contribution is 0.312. The molecule has 176 valence electrons. The molecule has 0 atom stereocenters. The Morgan fingerprint density at radius 1 is 0.857 bits per heavy atom. The summed E-state index contributed by atoms with van der Waals surface area (Å²) in [7, 11) is 4.02. The van der Waals surface area contributed by atoms with Gasteiger partial charge in [0.2, 0.25) is 0 Å². The maximum absolute atomic E-state index is 4.70. The lowest BCUT2D eigenvalue weighted by Crippen LogP contribution is -2.44. The van der Waals surface area contributed by atoms with Crippen LogP contribution >= 0.6 is 0 Å². The van der Waals surface area contributed by atoms with E-state index in [-0.39, 0.29) is 0 Å². The Kier molecular flexibility index (Phi) is 5.38. The van der Waals surface area contributed by atoms with Crippen LogP contribution in [0.25, 0.3) is 33.9 Å². The zero-order valence-corrected chi connectivity index (χ0v) is 19.7. The zero-order valence-electron chi connectivity index (χ0n) is 19.7. The maximum Gasteiger partial charge on any atom is 0.182 e. The van der Waals surface area contributed by atoms with Crippen molar-refractivity contribution in [3.05, 3.63) is 60.8 Å². The third kappa shape index (κ3) is 4.33. The number of hydrogen-bond donors (Lipinski definition) is 0. The highest BCUT2D eigenvalue weighted by Crippen LogP contribution is 2.21. The molecule has 0 amide bonds. The Balaban J connectivity index is 1.23. The molecule has 35 heavy (non-hydrogen) atoms. The molecule has 0 radical (unpaired) electrons. The quantitative estimate of drug-likeness (QED) is 0.383. The van der Waals surface area contributed by atoms with Crippen molar-refractivity contribution in [3.63, 3.8) is 0 Å². The molecule has 1 aromatic carbocycles. The van der Waals surface area contributed by atoms with E-state index >= 15 is 0 Å². The van der Waals surface area contributed by atoms with Gasteiger partial charge in [0.05, 0.1) is 42.6 Å². The fourth-order valence-electron chi connectivity index (χ4n) is 4.23. The Morgan fingerprint density at radius 2 is 1.66 bits per heavy atom. The molecule has 0 aliphatic carbocycles. The molecule has 0 N–H and O–H groups in total. The van der Waals surface area contributed by atoms with Gasteiger partial charge in [0.15, 0.2) is 22.8 Å². The van der Waals surface area contributed by atoms with E-state index in [2.05, 4.69) is 59.3 Å². The monoisotopic (exact) mass is 467 g/mol. The largest absolute Gasteiger partial charge is 0.366 e. The van der Waals surface area contributed by atoms with E-state index in [9.17, 15) is 0 Å². The molecular formula is C24H25N11. The summed E-state index contributed by atoms with van der Waals surface area (Å²) in [5.74, 6) is 1.30. The summed E-state index contributed by atoms with van der Waals surface area (Å²) in [5, 5.41) is 12.7. The summed E-state index contributed by atoms with van der Waals surface area (Å²) >= 11 is 0. The average Bonchev–Trinajstić information content (AvgIpc) is 3.51. The standard InChI is InChI=1S/C24H25N11/c1-32-6-8-34(9-7-32)20-12-25-22(26-13-20)18-5-3-4-17(10-18)15-35-24-21(30-31-35)14-27-23(29-24)19-11-28-33(2)16-19/h3-5,10-14,16H,6-9,15H2,1-2H3. The van der Waals surface area contributed by atoms with Crippen LogP contribution in [0.5, 0.6) is 0 Å². The molecule has 11 heteroatoms. The normalized spacial score (nSPS) is 14.6. The SMILES string of the molecule is CN1CCN(c2cnc(-c3cccc(Cn4nnc5cnc(-c6cnn(C)c6)nc54)c3)nc2)CC1. The fourth-order valence-corrected chi connectivity index (χ4v) is 4.23. The molecule has 4 aromatic heterocycles. The van der Waals surface area contributed by atoms with Crippen LogP contribution < -0.4 is 4.90 Å². The van der Waals surface area contributed by atoms with E-state index in [1.54, 1.807) is 21.8 Å². The third-order valence-corrected chi connectivity index (χ3v) is 6.24. The minimum Gasteiger partial charge on any atom is -0.366 e. The van der Waals surface area contributed by atoms with Gasteiger partial charge in [-0.1, -0.05) is 23.4 Å². The highest BCUT2D eigenvalue weighted by Gasteiger charge is 2.16. The van der Waals surface area contributed by atoms with E-state index in [0.717, 1.165) is 48.6 Å². The molecule has 1 fully saturated rings. The first kappa shape index (κ1) is 21.3. The van der Waals surface area contributed by atoms with E-state index in [1.807, 2.05) is 37.8 Å². The van der Waals surface area contributed by atoms with Crippen molar-refractivity contribution in [1.82, 2.24) is 49.6 Å². The Morgan fingerprint density at radius 3 is 2.43 bits per heavy atom. The maximum atomic E-state index is 4.70. The molecule has 5 heterocycles. The second-order valence-electron chi connectivity index (χ2n) is 8.81. The molecule has 0 unspecified atom stereocenters. The van der Waals surface area contributed by atoms with Gasteiger partial charge in [-0.3, -0.25) is 4.68 Å². The van der Waals surface area contributed by atoms with Gasteiger partial charge in [-0.15, -0.1) is 5.10 Å². The lowest BCUT2D eigenvalue weighted by Gasteiger charge is -2.33. The topological polar surface area (TPSA) is 107 Å². The summed E-state index contributed by atoms with van der Waals surface area (Å²) < 4.78 is 3.51. The number of fused-ring (bicyclic) bond motifs is 1. The predicted octanol–water partition coefficient (Wildman–Crippen LogP) is 1.88. The second-order valence-corrected chi connectivity index (χ2v) is 8.81. The number of anilines is 1. The van der Waals surface area contributed by atoms with Gasteiger partial charge < -0.3 is 9.80 Å². The molecule has 5 aromatic rings. The van der Waals surface area contributed by atoms with Crippen molar-refractivity contribution in [3.8, 4) is 22.8 Å². The smallest absolute Gasteiger partial charge is 0.182 e. The number of aromatic nitrogens is 9. The van der Waals surface area contributed by atoms with E-state index in [4.69, 9.17) is 4.98 Å². The number of benzene rings is 1. The predicted molar refractivity (Wildman–Crippen MR) is 132 cm³/mol. The second kappa shape index (κ2) is 8.84. The Hall–Kier alpha value is -4.25. The number of hydrogen-bond acceptors (Lipinski definition) is 9. The van der Waals surface area contributed by atoms with Crippen molar-refractivity contribution < 1.29 is 0 Å². The summed E-state index contributed by atoms with van der Waals surface area (Å²) in [5.41, 5.74) is 5.26. The molecule has 0 bridgehead atoms. The van der Waals surface area contributed by atoms with Crippen LogP contribution in [0, 0.1) is 0 Å². The van der Waals surface area contributed by atoms with E-state index < -0.39 is 0 Å². The molecule has 0 spiro atoms. The van der Waals surface area contributed by atoms with Gasteiger partial charge in [0, 0.05) is 45.0 Å². The van der Waals surface area contributed by atoms with E-state index in [0.29, 0.717) is 29.4 Å². The number of rotatable bonds is 5. The third-order valence-electron chi connectivity index (χ3n) is 6.24. The molecule has 1 aliphatic heterocycles. The van der Waals surface area contributed by atoms with E-state index in [1.165, 1.54) is 0 Å². The molecular weight excluding hydrogens is 442 g/mol. The molecule has 6 rings (SSSR count). The van der Waals surface area contributed by atoms with Crippen LogP contribution in [-0.4, -0.2) is 82.8 Å². The van der Waals surface area contributed by atoms with Crippen molar-refractivity contribution >= 4 is 16.9 Å². The van der Waals surface area contributed by atoms with Crippen molar-refractivity contribution in [2.24, 2.45) is 7.05 Å². The first-order valence-corrected chi connectivity index (χ1v) is 11.5. The molecule has 1 saturated heterocycles. The highest BCUT2D eigenvalue weighted by atomic mass is 15.4. The number of piperazine rings is 1. The molecule has 11 nitrogen and oxygen atoms in total. The van der Waals surface area contributed by atoms with Crippen molar-refractivity contribution in [2.45, 2.75) is 6.54 Å². The van der Waals surface area contributed by atoms with Gasteiger partial charge in [0.25, 0.3) is 0 Å². The highest BCUT2D eigenvalue weighted by molar-refractivity contribution is 5.71. The summed E-state index contributed by atoms with van der Waals surface area (Å²) in [4.78, 5) is 23.1. The van der Waals surface area contributed by atoms with Crippen molar-refractivity contribution in [2.75, 3.05) is 38.1 Å². The average molecular weight is 468 g/mol. The van der Waals surface area contributed by atoms with Gasteiger partial charge in [-0.25, -0.2) is 24.6 Å². The lowest BCUT2D eigenvalue weighted by atomic mass is 10.1. The van der Waals surface area contributed by atoms with Crippen LogP contribution in [-0.2, 0) is 13.6 Å². The summed E-state index contributed by atoms with van der Waals surface area (Å²) in [6.07, 6.45) is 9.16. The van der Waals surface area contributed by atoms with Crippen LogP contribution in [0.1, 0.15) is 5.56 Å². The zero-order chi connectivity index (χ0) is 23.8. The molecule has 1 aliphatic rings. The summed E-state index contributed by atoms with van der Waals surface area (Å²) in [6, 6.07) is 8.18. The Labute approximate surface area is 202 Å². The summed E-state index contributed by atoms with van der Waals surface area (Å²) in [6.45, 7) is 4.61. The van der Waals surface area contributed by atoms with Gasteiger partial charge in [0.1, 0.15) is 0 Å². The van der Waals surface area contributed by atoms with Gasteiger partial charge in [-0.2, -0.15) is 5.10 Å². The number of aryl methyl sites for hydroxylation is 1.